The maximum Gasteiger partial charge on any atom is 0.252 e. The molecule has 0 aliphatic heterocycles. The molecule has 0 aliphatic rings. The van der Waals surface area contributed by atoms with Crippen molar-refractivity contribution in [2.24, 2.45) is 0 Å². The summed E-state index contributed by atoms with van der Waals surface area (Å²) in [5.74, 6) is -0.380. The molecule has 2 rings (SSSR count). The van der Waals surface area contributed by atoms with Crippen molar-refractivity contribution < 1.29 is 4.79 Å². The molecule has 3 N–H and O–H groups in total. The number of amides is 1. The number of halogens is 3. The highest BCUT2D eigenvalue weighted by atomic mass is 35.6. The SMILES string of the molecule is CCCCCCc1ccc(NC(=S)N[C@@H](NC(=O)c2ccccc2)C(Cl)(Cl)Cl)cc1. The van der Waals surface area contributed by atoms with Gasteiger partial charge in [0.2, 0.25) is 3.79 Å². The molecule has 0 saturated carbocycles. The van der Waals surface area contributed by atoms with Gasteiger partial charge in [-0.05, 0) is 54.9 Å². The van der Waals surface area contributed by atoms with Crippen LogP contribution >= 0.6 is 47.0 Å². The smallest absolute Gasteiger partial charge is 0.252 e. The fourth-order valence-corrected chi connectivity index (χ4v) is 3.38. The number of nitrogens with one attached hydrogen (secondary N) is 3. The normalized spacial score (nSPS) is 12.1. The molecule has 0 aliphatic carbocycles. The van der Waals surface area contributed by atoms with E-state index in [0.717, 1.165) is 12.1 Å². The van der Waals surface area contributed by atoms with Crippen molar-refractivity contribution in [3.63, 3.8) is 0 Å². The van der Waals surface area contributed by atoms with Gasteiger partial charge < -0.3 is 16.0 Å². The first kappa shape index (κ1) is 24.7. The number of anilines is 1. The maximum absolute atomic E-state index is 12.4. The van der Waals surface area contributed by atoms with Crippen molar-refractivity contribution in [1.29, 1.82) is 0 Å². The minimum Gasteiger partial charge on any atom is -0.339 e. The topological polar surface area (TPSA) is 53.2 Å². The number of rotatable bonds is 9. The molecular weight excluding hydrogens is 461 g/mol. The molecular formula is C22H26Cl3N3OS. The van der Waals surface area contributed by atoms with Gasteiger partial charge >= 0.3 is 0 Å². The number of hydrogen-bond donors (Lipinski definition) is 3. The van der Waals surface area contributed by atoms with Crippen LogP contribution in [0.5, 0.6) is 0 Å². The second kappa shape index (κ2) is 12.4. The van der Waals surface area contributed by atoms with Gasteiger partial charge in [0.15, 0.2) is 5.11 Å². The molecule has 1 atom stereocenters. The molecule has 0 heterocycles. The van der Waals surface area contributed by atoms with Crippen LogP contribution in [0.4, 0.5) is 5.69 Å². The second-order valence-electron chi connectivity index (χ2n) is 6.92. The zero-order chi connectivity index (χ0) is 22.0. The summed E-state index contributed by atoms with van der Waals surface area (Å²) in [6.07, 6.45) is 4.97. The Morgan fingerprint density at radius 1 is 0.967 bits per heavy atom. The number of thiocarbonyl (C=S) groups is 1. The molecule has 2 aromatic carbocycles. The number of aryl methyl sites for hydroxylation is 1. The average molecular weight is 487 g/mol. The number of hydrogen-bond acceptors (Lipinski definition) is 2. The third kappa shape index (κ3) is 8.68. The van der Waals surface area contributed by atoms with Gasteiger partial charge in [0.25, 0.3) is 5.91 Å². The van der Waals surface area contributed by atoms with Gasteiger partial charge in [-0.2, -0.15) is 0 Å². The van der Waals surface area contributed by atoms with Crippen molar-refractivity contribution >= 4 is 63.7 Å². The highest BCUT2D eigenvalue weighted by Gasteiger charge is 2.34. The van der Waals surface area contributed by atoms with E-state index in [1.54, 1.807) is 24.3 Å². The summed E-state index contributed by atoms with van der Waals surface area (Å²) in [4.78, 5) is 12.4. The van der Waals surface area contributed by atoms with E-state index < -0.39 is 9.96 Å². The Kier molecular flexibility index (Phi) is 10.2. The molecule has 0 fully saturated rings. The van der Waals surface area contributed by atoms with Crippen LogP contribution in [-0.4, -0.2) is 21.0 Å². The Morgan fingerprint density at radius 2 is 1.63 bits per heavy atom. The molecule has 0 aromatic heterocycles. The molecule has 0 spiro atoms. The lowest BCUT2D eigenvalue weighted by atomic mass is 10.1. The summed E-state index contributed by atoms with van der Waals surface area (Å²) in [7, 11) is 0. The van der Waals surface area contributed by atoms with E-state index in [1.165, 1.54) is 31.2 Å². The zero-order valence-corrected chi connectivity index (χ0v) is 19.8. The van der Waals surface area contributed by atoms with Crippen LogP contribution in [0.1, 0.15) is 48.5 Å². The molecule has 8 heteroatoms. The Bertz CT molecular complexity index is 811. The Morgan fingerprint density at radius 3 is 2.23 bits per heavy atom. The monoisotopic (exact) mass is 485 g/mol. The summed E-state index contributed by atoms with van der Waals surface area (Å²) < 4.78 is -1.81. The lowest BCUT2D eigenvalue weighted by Crippen LogP contribution is -2.56. The number of unbranched alkanes of at least 4 members (excludes halogenated alkanes) is 3. The largest absolute Gasteiger partial charge is 0.339 e. The van der Waals surface area contributed by atoms with E-state index in [2.05, 4.69) is 35.0 Å². The Hall–Kier alpha value is -1.53. The standard InChI is InChI=1S/C22H26Cl3N3OS/c1-2-3-4-6-9-16-12-14-18(15-13-16)26-21(30)28-20(22(23,24)25)27-19(29)17-10-7-5-8-11-17/h5,7-8,10-15,20H,2-4,6,9H2,1H3,(H,27,29)(H2,26,28,30)/t20-/m1/s1. The Labute approximate surface area is 198 Å². The van der Waals surface area contributed by atoms with Gasteiger partial charge in [-0.3, -0.25) is 4.79 Å². The van der Waals surface area contributed by atoms with Crippen LogP contribution in [-0.2, 0) is 6.42 Å². The van der Waals surface area contributed by atoms with Crippen molar-refractivity contribution in [2.75, 3.05) is 5.32 Å². The number of carbonyl (C=O) groups is 1. The van der Waals surface area contributed by atoms with Gasteiger partial charge in [0.05, 0.1) is 0 Å². The second-order valence-corrected chi connectivity index (χ2v) is 9.70. The molecule has 4 nitrogen and oxygen atoms in total. The summed E-state index contributed by atoms with van der Waals surface area (Å²) in [5.41, 5.74) is 2.54. The lowest BCUT2D eigenvalue weighted by molar-refractivity contribution is 0.0934. The minimum atomic E-state index is -1.81. The summed E-state index contributed by atoms with van der Waals surface area (Å²) in [6, 6.07) is 16.7. The molecule has 30 heavy (non-hydrogen) atoms. The van der Waals surface area contributed by atoms with Gasteiger partial charge in [-0.25, -0.2) is 0 Å². The molecule has 0 unspecified atom stereocenters. The first-order valence-electron chi connectivity index (χ1n) is 9.88. The maximum atomic E-state index is 12.4. The van der Waals surface area contributed by atoms with E-state index >= 15 is 0 Å². The van der Waals surface area contributed by atoms with Crippen molar-refractivity contribution in [3.8, 4) is 0 Å². The fourth-order valence-electron chi connectivity index (χ4n) is 2.81. The summed E-state index contributed by atoms with van der Waals surface area (Å²) in [6.45, 7) is 2.21. The molecule has 0 saturated heterocycles. The fraction of sp³-hybridized carbons (Fsp3) is 0.364. The number of alkyl halides is 3. The van der Waals surface area contributed by atoms with Crippen molar-refractivity contribution in [3.05, 3.63) is 65.7 Å². The third-order valence-corrected chi connectivity index (χ3v) is 5.32. The van der Waals surface area contributed by atoms with E-state index in [-0.39, 0.29) is 11.0 Å². The van der Waals surface area contributed by atoms with Crippen LogP contribution in [0.15, 0.2) is 54.6 Å². The number of carbonyl (C=O) groups excluding carboxylic acids is 1. The summed E-state index contributed by atoms with van der Waals surface area (Å²) in [5, 5.41) is 8.81. The van der Waals surface area contributed by atoms with Crippen LogP contribution in [0, 0.1) is 0 Å². The van der Waals surface area contributed by atoms with Gasteiger partial charge in [-0.15, -0.1) is 0 Å². The van der Waals surface area contributed by atoms with Crippen molar-refractivity contribution in [2.45, 2.75) is 49.0 Å². The lowest BCUT2D eigenvalue weighted by Gasteiger charge is -2.27. The predicted octanol–water partition coefficient (Wildman–Crippen LogP) is 6.22. The molecule has 0 bridgehead atoms. The van der Waals surface area contributed by atoms with Crippen LogP contribution < -0.4 is 16.0 Å². The van der Waals surface area contributed by atoms with E-state index in [1.807, 2.05) is 18.2 Å². The Balaban J connectivity index is 1.92. The van der Waals surface area contributed by atoms with Crippen LogP contribution in [0.3, 0.4) is 0 Å². The van der Waals surface area contributed by atoms with E-state index in [0.29, 0.717) is 5.56 Å². The quantitative estimate of drug-likeness (QED) is 0.170. The van der Waals surface area contributed by atoms with Gasteiger partial charge in [-0.1, -0.05) is 91.3 Å². The third-order valence-electron chi connectivity index (χ3n) is 4.44. The van der Waals surface area contributed by atoms with Crippen molar-refractivity contribution in [1.82, 2.24) is 10.6 Å². The van der Waals surface area contributed by atoms with Gasteiger partial charge in [0.1, 0.15) is 6.17 Å². The first-order valence-corrected chi connectivity index (χ1v) is 11.4. The molecule has 0 radical (unpaired) electrons. The number of benzene rings is 2. The van der Waals surface area contributed by atoms with Gasteiger partial charge in [0, 0.05) is 11.3 Å². The van der Waals surface area contributed by atoms with Crippen LogP contribution in [0.2, 0.25) is 0 Å². The minimum absolute atomic E-state index is 0.232. The molecule has 2 aromatic rings. The molecule has 1 amide bonds. The highest BCUT2D eigenvalue weighted by Crippen LogP contribution is 2.29. The van der Waals surface area contributed by atoms with E-state index in [9.17, 15) is 4.79 Å². The van der Waals surface area contributed by atoms with Crippen LogP contribution in [0.25, 0.3) is 0 Å². The average Bonchev–Trinajstić information content (AvgIpc) is 2.72. The zero-order valence-electron chi connectivity index (χ0n) is 16.8. The highest BCUT2D eigenvalue weighted by molar-refractivity contribution is 7.80. The molecule has 162 valence electrons. The predicted molar refractivity (Wildman–Crippen MR) is 132 cm³/mol. The first-order chi connectivity index (χ1) is 14.3. The summed E-state index contributed by atoms with van der Waals surface area (Å²) >= 11 is 23.4. The van der Waals surface area contributed by atoms with E-state index in [4.69, 9.17) is 47.0 Å².